The van der Waals surface area contributed by atoms with Crippen LogP contribution >= 0.6 is 15.9 Å². The molecule has 1 aromatic carbocycles. The molecule has 0 saturated heterocycles. The van der Waals surface area contributed by atoms with Crippen LogP contribution in [-0.4, -0.2) is 5.11 Å². The number of benzene rings is 1. The van der Waals surface area contributed by atoms with E-state index in [0.717, 1.165) is 15.4 Å². The third-order valence-electron chi connectivity index (χ3n) is 2.66. The molecule has 1 N–H and O–H groups in total. The lowest BCUT2D eigenvalue weighted by Gasteiger charge is -2.10. The maximum atomic E-state index is 9.95. The highest BCUT2D eigenvalue weighted by molar-refractivity contribution is 9.10. The van der Waals surface area contributed by atoms with E-state index in [9.17, 15) is 5.11 Å². The van der Waals surface area contributed by atoms with Gasteiger partial charge in [0.2, 0.25) is 0 Å². The molecule has 16 heavy (non-hydrogen) atoms. The van der Waals surface area contributed by atoms with Gasteiger partial charge in [0.15, 0.2) is 0 Å². The summed E-state index contributed by atoms with van der Waals surface area (Å²) in [7, 11) is 0. The number of hydrogen-bond donors (Lipinski definition) is 1. The topological polar surface area (TPSA) is 33.4 Å². The van der Waals surface area contributed by atoms with Crippen molar-refractivity contribution in [2.75, 3.05) is 0 Å². The lowest BCUT2D eigenvalue weighted by Crippen LogP contribution is -2.03. The first-order chi connectivity index (χ1) is 7.49. The van der Waals surface area contributed by atoms with Crippen molar-refractivity contribution in [3.05, 3.63) is 34.0 Å². The highest BCUT2D eigenvalue weighted by Gasteiger charge is 2.17. The van der Waals surface area contributed by atoms with Crippen molar-refractivity contribution in [1.29, 1.82) is 0 Å². The lowest BCUT2D eigenvalue weighted by atomic mass is 10.1. The average Bonchev–Trinajstić information content (AvgIpc) is 2.60. The standard InChI is InChI=1S/C13H15BrO2/c1-7(2)12(15)11-6-9-4-8(3)5-10(14)13(9)16-11/h4-7,12,15H,1-3H3. The highest BCUT2D eigenvalue weighted by Crippen LogP contribution is 2.32. The second-order valence-corrected chi connectivity index (χ2v) is 5.36. The van der Waals surface area contributed by atoms with E-state index in [1.807, 2.05) is 32.9 Å². The van der Waals surface area contributed by atoms with Gasteiger partial charge in [0, 0.05) is 5.39 Å². The molecule has 0 aliphatic heterocycles. The Kier molecular flexibility index (Phi) is 3.08. The van der Waals surface area contributed by atoms with Crippen LogP contribution < -0.4 is 0 Å². The Labute approximate surface area is 103 Å². The van der Waals surface area contributed by atoms with Crippen LogP contribution in [0.5, 0.6) is 0 Å². The number of halogens is 1. The van der Waals surface area contributed by atoms with Crippen LogP contribution in [0, 0.1) is 12.8 Å². The van der Waals surface area contributed by atoms with Gasteiger partial charge in [-0.1, -0.05) is 13.8 Å². The van der Waals surface area contributed by atoms with E-state index >= 15 is 0 Å². The zero-order valence-electron chi connectivity index (χ0n) is 9.62. The van der Waals surface area contributed by atoms with Gasteiger partial charge in [-0.3, -0.25) is 0 Å². The summed E-state index contributed by atoms with van der Waals surface area (Å²) in [5, 5.41) is 11.0. The summed E-state index contributed by atoms with van der Waals surface area (Å²) in [5.41, 5.74) is 1.98. The predicted molar refractivity (Wildman–Crippen MR) is 68.4 cm³/mol. The fraction of sp³-hybridized carbons (Fsp3) is 0.385. The van der Waals surface area contributed by atoms with Gasteiger partial charge in [-0.15, -0.1) is 0 Å². The first-order valence-electron chi connectivity index (χ1n) is 5.36. The highest BCUT2D eigenvalue weighted by atomic mass is 79.9. The quantitative estimate of drug-likeness (QED) is 0.896. The molecular formula is C13H15BrO2. The lowest BCUT2D eigenvalue weighted by molar-refractivity contribution is 0.104. The number of fused-ring (bicyclic) bond motifs is 1. The third-order valence-corrected chi connectivity index (χ3v) is 3.25. The number of furan rings is 1. The molecule has 2 rings (SSSR count). The number of hydrogen-bond acceptors (Lipinski definition) is 2. The summed E-state index contributed by atoms with van der Waals surface area (Å²) in [6.07, 6.45) is -0.542. The SMILES string of the molecule is Cc1cc(Br)c2oc(C(O)C(C)C)cc2c1. The van der Waals surface area contributed by atoms with E-state index in [1.54, 1.807) is 0 Å². The van der Waals surface area contributed by atoms with Gasteiger partial charge >= 0.3 is 0 Å². The maximum Gasteiger partial charge on any atom is 0.148 e. The average molecular weight is 283 g/mol. The van der Waals surface area contributed by atoms with E-state index in [0.29, 0.717) is 5.76 Å². The van der Waals surface area contributed by atoms with Crippen LogP contribution in [0.3, 0.4) is 0 Å². The van der Waals surface area contributed by atoms with Crippen LogP contribution in [0.15, 0.2) is 27.1 Å². The molecule has 1 aromatic heterocycles. The van der Waals surface area contributed by atoms with Crippen molar-refractivity contribution < 1.29 is 9.52 Å². The molecular weight excluding hydrogens is 268 g/mol. The van der Waals surface area contributed by atoms with Crippen molar-refractivity contribution in [2.24, 2.45) is 5.92 Å². The Bertz CT molecular complexity index is 514. The van der Waals surface area contributed by atoms with Crippen molar-refractivity contribution in [2.45, 2.75) is 26.9 Å². The van der Waals surface area contributed by atoms with Crippen molar-refractivity contribution in [1.82, 2.24) is 0 Å². The summed E-state index contributed by atoms with van der Waals surface area (Å²) in [5.74, 6) is 0.789. The minimum atomic E-state index is -0.542. The molecule has 0 saturated carbocycles. The van der Waals surface area contributed by atoms with Gasteiger partial charge in [-0.25, -0.2) is 0 Å². The van der Waals surface area contributed by atoms with Crippen LogP contribution in [0.1, 0.15) is 31.3 Å². The number of aliphatic hydroxyl groups excluding tert-OH is 1. The Morgan fingerprint density at radius 1 is 1.25 bits per heavy atom. The van der Waals surface area contributed by atoms with Crippen LogP contribution in [-0.2, 0) is 0 Å². The fourth-order valence-corrected chi connectivity index (χ4v) is 2.42. The minimum Gasteiger partial charge on any atom is -0.457 e. The van der Waals surface area contributed by atoms with E-state index in [4.69, 9.17) is 4.42 Å². The molecule has 0 aliphatic rings. The van der Waals surface area contributed by atoms with Crippen molar-refractivity contribution >= 4 is 26.9 Å². The van der Waals surface area contributed by atoms with Gasteiger partial charge in [0.05, 0.1) is 4.47 Å². The molecule has 2 aromatic rings. The molecule has 1 unspecified atom stereocenters. The summed E-state index contributed by atoms with van der Waals surface area (Å²) in [4.78, 5) is 0. The normalized spacial score (nSPS) is 13.6. The molecule has 2 nitrogen and oxygen atoms in total. The third kappa shape index (κ3) is 2.02. The maximum absolute atomic E-state index is 9.95. The monoisotopic (exact) mass is 282 g/mol. The second kappa shape index (κ2) is 4.22. The molecule has 1 atom stereocenters. The summed E-state index contributed by atoms with van der Waals surface area (Å²) in [6, 6.07) is 5.98. The molecule has 1 heterocycles. The Morgan fingerprint density at radius 2 is 1.94 bits per heavy atom. The van der Waals surface area contributed by atoms with Gasteiger partial charge in [0.1, 0.15) is 17.4 Å². The molecule has 0 bridgehead atoms. The van der Waals surface area contributed by atoms with Gasteiger partial charge in [-0.2, -0.15) is 0 Å². The van der Waals surface area contributed by atoms with E-state index in [-0.39, 0.29) is 5.92 Å². The van der Waals surface area contributed by atoms with E-state index in [2.05, 4.69) is 22.0 Å². The molecule has 0 spiro atoms. The summed E-state index contributed by atoms with van der Waals surface area (Å²) >= 11 is 3.47. The van der Waals surface area contributed by atoms with Gasteiger partial charge in [0.25, 0.3) is 0 Å². The first kappa shape index (κ1) is 11.7. The largest absolute Gasteiger partial charge is 0.457 e. The number of aryl methyl sites for hydroxylation is 1. The number of aliphatic hydroxyl groups is 1. The van der Waals surface area contributed by atoms with Crippen LogP contribution in [0.25, 0.3) is 11.0 Å². The minimum absolute atomic E-state index is 0.153. The second-order valence-electron chi connectivity index (χ2n) is 4.50. The Balaban J connectivity index is 2.56. The molecule has 0 aliphatic carbocycles. The molecule has 0 fully saturated rings. The van der Waals surface area contributed by atoms with E-state index in [1.165, 1.54) is 5.56 Å². The summed E-state index contributed by atoms with van der Waals surface area (Å²) < 4.78 is 6.61. The fourth-order valence-electron chi connectivity index (χ4n) is 1.75. The van der Waals surface area contributed by atoms with Crippen molar-refractivity contribution in [3.63, 3.8) is 0 Å². The first-order valence-corrected chi connectivity index (χ1v) is 6.16. The van der Waals surface area contributed by atoms with Crippen molar-refractivity contribution in [3.8, 4) is 0 Å². The van der Waals surface area contributed by atoms with E-state index < -0.39 is 6.10 Å². The van der Waals surface area contributed by atoms with Crippen LogP contribution in [0.2, 0.25) is 0 Å². The number of rotatable bonds is 2. The zero-order valence-corrected chi connectivity index (χ0v) is 11.2. The smallest absolute Gasteiger partial charge is 0.148 e. The molecule has 3 heteroatoms. The van der Waals surface area contributed by atoms with Gasteiger partial charge < -0.3 is 9.52 Å². The zero-order chi connectivity index (χ0) is 11.9. The summed E-state index contributed by atoms with van der Waals surface area (Å²) in [6.45, 7) is 5.98. The Hall–Kier alpha value is -0.800. The molecule has 86 valence electrons. The Morgan fingerprint density at radius 3 is 2.56 bits per heavy atom. The van der Waals surface area contributed by atoms with Gasteiger partial charge in [-0.05, 0) is 52.5 Å². The predicted octanol–water partition coefficient (Wildman–Crippen LogP) is 4.19. The van der Waals surface area contributed by atoms with Crippen LogP contribution in [0.4, 0.5) is 0 Å². The molecule has 0 amide bonds. The molecule has 0 radical (unpaired) electrons.